The molecule has 100 valence electrons. The SMILES string of the molecule is CCCCC(CC)CNC(=O)c1cccc(=O)[nH]1. The summed E-state index contributed by atoms with van der Waals surface area (Å²) in [5, 5.41) is 2.88. The van der Waals surface area contributed by atoms with Crippen LogP contribution >= 0.6 is 0 Å². The van der Waals surface area contributed by atoms with Crippen LogP contribution in [0.5, 0.6) is 0 Å². The van der Waals surface area contributed by atoms with Crippen LogP contribution in [0.15, 0.2) is 23.0 Å². The maximum absolute atomic E-state index is 11.8. The smallest absolute Gasteiger partial charge is 0.267 e. The summed E-state index contributed by atoms with van der Waals surface area (Å²) in [6.45, 7) is 4.98. The molecule has 0 aromatic carbocycles. The number of aromatic amines is 1. The molecule has 4 nitrogen and oxygen atoms in total. The van der Waals surface area contributed by atoms with Gasteiger partial charge in [-0.3, -0.25) is 9.59 Å². The Morgan fingerprint density at radius 3 is 2.78 bits per heavy atom. The zero-order chi connectivity index (χ0) is 13.4. The predicted octanol–water partition coefficient (Wildman–Crippen LogP) is 2.32. The van der Waals surface area contributed by atoms with Crippen LogP contribution in [0.25, 0.3) is 0 Å². The van der Waals surface area contributed by atoms with Gasteiger partial charge in [-0.1, -0.05) is 39.2 Å². The van der Waals surface area contributed by atoms with Gasteiger partial charge in [0.15, 0.2) is 0 Å². The van der Waals surface area contributed by atoms with Gasteiger partial charge in [0, 0.05) is 12.6 Å². The first-order valence-electron chi connectivity index (χ1n) is 6.64. The van der Waals surface area contributed by atoms with E-state index in [9.17, 15) is 9.59 Å². The van der Waals surface area contributed by atoms with Gasteiger partial charge in [-0.05, 0) is 18.4 Å². The molecule has 0 radical (unpaired) electrons. The molecule has 1 aromatic heterocycles. The third-order valence-corrected chi connectivity index (χ3v) is 3.11. The van der Waals surface area contributed by atoms with E-state index >= 15 is 0 Å². The molecule has 1 unspecified atom stereocenters. The third-order valence-electron chi connectivity index (χ3n) is 3.11. The molecule has 4 heteroatoms. The van der Waals surface area contributed by atoms with Gasteiger partial charge in [0.05, 0.1) is 0 Å². The number of hydrogen-bond donors (Lipinski definition) is 2. The first-order valence-corrected chi connectivity index (χ1v) is 6.64. The lowest BCUT2D eigenvalue weighted by Crippen LogP contribution is -2.30. The van der Waals surface area contributed by atoms with Gasteiger partial charge in [-0.25, -0.2) is 0 Å². The van der Waals surface area contributed by atoms with Crippen LogP contribution in [-0.4, -0.2) is 17.4 Å². The summed E-state index contributed by atoms with van der Waals surface area (Å²) >= 11 is 0. The lowest BCUT2D eigenvalue weighted by molar-refractivity contribution is 0.0940. The molecular formula is C14H22N2O2. The van der Waals surface area contributed by atoms with Gasteiger partial charge in [0.1, 0.15) is 5.69 Å². The van der Waals surface area contributed by atoms with Crippen molar-refractivity contribution in [2.24, 2.45) is 5.92 Å². The molecule has 1 atom stereocenters. The van der Waals surface area contributed by atoms with Crippen molar-refractivity contribution in [3.05, 3.63) is 34.2 Å². The van der Waals surface area contributed by atoms with E-state index in [-0.39, 0.29) is 11.5 Å². The van der Waals surface area contributed by atoms with Crippen molar-refractivity contribution < 1.29 is 4.79 Å². The number of pyridine rings is 1. The normalized spacial score (nSPS) is 12.1. The van der Waals surface area contributed by atoms with Crippen LogP contribution in [0.2, 0.25) is 0 Å². The number of carbonyl (C=O) groups is 1. The minimum atomic E-state index is -0.249. The first kappa shape index (κ1) is 14.5. The second-order valence-corrected chi connectivity index (χ2v) is 4.56. The quantitative estimate of drug-likeness (QED) is 0.780. The zero-order valence-electron chi connectivity index (χ0n) is 11.2. The molecular weight excluding hydrogens is 228 g/mol. The van der Waals surface area contributed by atoms with Gasteiger partial charge in [-0.2, -0.15) is 0 Å². The molecule has 1 amide bonds. The van der Waals surface area contributed by atoms with Crippen LogP contribution in [0.1, 0.15) is 50.0 Å². The summed E-state index contributed by atoms with van der Waals surface area (Å²) in [6.07, 6.45) is 4.57. The van der Waals surface area contributed by atoms with Gasteiger partial charge in [0.25, 0.3) is 5.91 Å². The maximum atomic E-state index is 11.8. The van der Waals surface area contributed by atoms with Crippen molar-refractivity contribution in [2.45, 2.75) is 39.5 Å². The molecule has 0 aliphatic carbocycles. The van der Waals surface area contributed by atoms with Crippen LogP contribution in [-0.2, 0) is 0 Å². The number of rotatable bonds is 7. The molecule has 2 N–H and O–H groups in total. The molecule has 1 heterocycles. The zero-order valence-corrected chi connectivity index (χ0v) is 11.2. The maximum Gasteiger partial charge on any atom is 0.267 e. The summed E-state index contributed by atoms with van der Waals surface area (Å²) in [5.41, 5.74) is 0.0773. The van der Waals surface area contributed by atoms with Crippen LogP contribution in [0, 0.1) is 5.92 Å². The topological polar surface area (TPSA) is 62.0 Å². The first-order chi connectivity index (χ1) is 8.67. The van der Waals surface area contributed by atoms with E-state index in [1.807, 2.05) is 0 Å². The van der Waals surface area contributed by atoms with E-state index < -0.39 is 0 Å². The van der Waals surface area contributed by atoms with Crippen molar-refractivity contribution >= 4 is 5.91 Å². The number of aromatic nitrogens is 1. The summed E-state index contributed by atoms with van der Waals surface area (Å²) in [5.74, 6) is 0.312. The second-order valence-electron chi connectivity index (χ2n) is 4.56. The molecule has 0 aliphatic rings. The Balaban J connectivity index is 2.47. The highest BCUT2D eigenvalue weighted by atomic mass is 16.2. The molecule has 0 aliphatic heterocycles. The second kappa shape index (κ2) is 7.69. The Bertz CT molecular complexity index is 426. The van der Waals surface area contributed by atoms with Gasteiger partial charge >= 0.3 is 0 Å². The average molecular weight is 250 g/mol. The van der Waals surface area contributed by atoms with Crippen molar-refractivity contribution in [1.29, 1.82) is 0 Å². The van der Waals surface area contributed by atoms with Crippen molar-refractivity contribution in [2.75, 3.05) is 6.54 Å². The molecule has 18 heavy (non-hydrogen) atoms. The number of hydrogen-bond acceptors (Lipinski definition) is 2. The highest BCUT2D eigenvalue weighted by molar-refractivity contribution is 5.92. The van der Waals surface area contributed by atoms with E-state index in [4.69, 9.17) is 0 Å². The van der Waals surface area contributed by atoms with Crippen molar-refractivity contribution in [3.63, 3.8) is 0 Å². The fourth-order valence-corrected chi connectivity index (χ4v) is 1.86. The number of amides is 1. The summed E-state index contributed by atoms with van der Waals surface area (Å²) in [7, 11) is 0. The van der Waals surface area contributed by atoms with Gasteiger partial charge in [0.2, 0.25) is 5.56 Å². The number of nitrogens with one attached hydrogen (secondary N) is 2. The molecule has 0 fully saturated rings. The molecule has 0 saturated heterocycles. The van der Waals surface area contributed by atoms with Crippen molar-refractivity contribution in [3.8, 4) is 0 Å². The van der Waals surface area contributed by atoms with Gasteiger partial charge in [-0.15, -0.1) is 0 Å². The minimum absolute atomic E-state index is 0.206. The molecule has 0 bridgehead atoms. The lowest BCUT2D eigenvalue weighted by atomic mass is 9.99. The Morgan fingerprint density at radius 2 is 2.17 bits per heavy atom. The third kappa shape index (κ3) is 4.73. The van der Waals surface area contributed by atoms with Crippen LogP contribution < -0.4 is 10.9 Å². The summed E-state index contributed by atoms with van der Waals surface area (Å²) in [6, 6.07) is 4.60. The number of H-pyrrole nitrogens is 1. The Morgan fingerprint density at radius 1 is 1.39 bits per heavy atom. The van der Waals surface area contributed by atoms with E-state index in [0.717, 1.165) is 12.8 Å². The average Bonchev–Trinajstić information content (AvgIpc) is 2.38. The Hall–Kier alpha value is -1.58. The van der Waals surface area contributed by atoms with E-state index in [0.29, 0.717) is 18.2 Å². The molecule has 1 rings (SSSR count). The van der Waals surface area contributed by atoms with Crippen molar-refractivity contribution in [1.82, 2.24) is 10.3 Å². The largest absolute Gasteiger partial charge is 0.350 e. The summed E-state index contributed by atoms with van der Waals surface area (Å²) in [4.78, 5) is 25.4. The highest BCUT2D eigenvalue weighted by Crippen LogP contribution is 2.11. The van der Waals surface area contributed by atoms with E-state index in [2.05, 4.69) is 24.1 Å². The van der Waals surface area contributed by atoms with Crippen LogP contribution in [0.3, 0.4) is 0 Å². The molecule has 0 spiro atoms. The van der Waals surface area contributed by atoms with E-state index in [1.165, 1.54) is 18.9 Å². The highest BCUT2D eigenvalue weighted by Gasteiger charge is 2.10. The Kier molecular flexibility index (Phi) is 6.19. The minimum Gasteiger partial charge on any atom is -0.350 e. The summed E-state index contributed by atoms with van der Waals surface area (Å²) < 4.78 is 0. The van der Waals surface area contributed by atoms with Crippen LogP contribution in [0.4, 0.5) is 0 Å². The molecule has 1 aromatic rings. The lowest BCUT2D eigenvalue weighted by Gasteiger charge is -2.15. The van der Waals surface area contributed by atoms with Gasteiger partial charge < -0.3 is 10.3 Å². The monoisotopic (exact) mass is 250 g/mol. The predicted molar refractivity (Wildman–Crippen MR) is 72.7 cm³/mol. The molecule has 0 saturated carbocycles. The number of carbonyl (C=O) groups excluding carboxylic acids is 1. The standard InChI is InChI=1S/C14H22N2O2/c1-3-5-7-11(4-2)10-15-14(18)12-8-6-9-13(17)16-12/h6,8-9,11H,3-5,7,10H2,1-2H3,(H,15,18)(H,16,17). The Labute approximate surface area is 108 Å². The fourth-order valence-electron chi connectivity index (χ4n) is 1.86. The van der Waals surface area contributed by atoms with E-state index in [1.54, 1.807) is 12.1 Å². The number of unbranched alkanes of at least 4 members (excludes halogenated alkanes) is 1. The fraction of sp³-hybridized carbons (Fsp3) is 0.571.